The van der Waals surface area contributed by atoms with Crippen molar-refractivity contribution in [1.29, 1.82) is 0 Å². The lowest BCUT2D eigenvalue weighted by Gasteiger charge is -2.21. The molecule has 13 heavy (non-hydrogen) atoms. The summed E-state index contributed by atoms with van der Waals surface area (Å²) >= 11 is 0. The van der Waals surface area contributed by atoms with Crippen molar-refractivity contribution in [1.82, 2.24) is 15.5 Å². The fourth-order valence-electron chi connectivity index (χ4n) is 1.62. The Balaban J connectivity index is 0.000000720. The Morgan fingerprint density at radius 1 is 1.38 bits per heavy atom. The van der Waals surface area contributed by atoms with E-state index in [1.807, 2.05) is 12.4 Å². The maximum Gasteiger partial charge on any atom is 0.0522 e. The highest BCUT2D eigenvalue weighted by atomic mass is 35.5. The quantitative estimate of drug-likeness (QED) is 0.762. The van der Waals surface area contributed by atoms with Gasteiger partial charge in [-0.2, -0.15) is 5.10 Å². The summed E-state index contributed by atoms with van der Waals surface area (Å²) in [6.07, 6.45) is 6.51. The van der Waals surface area contributed by atoms with Crippen LogP contribution in [0, 0.1) is 0 Å². The van der Waals surface area contributed by atoms with Crippen molar-refractivity contribution < 1.29 is 0 Å². The molecule has 1 atom stereocenters. The van der Waals surface area contributed by atoms with Gasteiger partial charge in [0.2, 0.25) is 0 Å². The third kappa shape index (κ3) is 3.18. The van der Waals surface area contributed by atoms with Crippen LogP contribution in [0.3, 0.4) is 0 Å². The number of aromatic amines is 1. The molecule has 0 radical (unpaired) electrons. The van der Waals surface area contributed by atoms with Crippen molar-refractivity contribution in [2.45, 2.75) is 18.8 Å². The zero-order chi connectivity index (χ0) is 7.52. The molecule has 2 rings (SSSR count). The number of nitrogens with zero attached hydrogens (tertiary/aromatic N) is 1. The molecule has 0 aromatic carbocycles. The van der Waals surface area contributed by atoms with Crippen LogP contribution in [0.15, 0.2) is 12.4 Å². The average molecular weight is 224 g/mol. The van der Waals surface area contributed by atoms with Crippen LogP contribution in [-0.4, -0.2) is 23.3 Å². The molecular formula is C8H15Cl2N3. The van der Waals surface area contributed by atoms with Crippen LogP contribution in [0.4, 0.5) is 0 Å². The molecule has 1 aliphatic rings. The average Bonchev–Trinajstić information content (AvgIpc) is 2.58. The molecule has 1 aromatic rings. The first-order valence-electron chi connectivity index (χ1n) is 4.16. The molecule has 2 N–H and O–H groups in total. The molecule has 0 amide bonds. The highest BCUT2D eigenvalue weighted by Crippen LogP contribution is 2.21. The van der Waals surface area contributed by atoms with E-state index >= 15 is 0 Å². The van der Waals surface area contributed by atoms with Gasteiger partial charge in [-0.3, -0.25) is 5.10 Å². The third-order valence-electron chi connectivity index (χ3n) is 2.29. The number of nitrogens with one attached hydrogen (secondary N) is 2. The molecule has 1 unspecified atom stereocenters. The van der Waals surface area contributed by atoms with Gasteiger partial charge in [0.25, 0.3) is 0 Å². The number of hydrogen-bond acceptors (Lipinski definition) is 2. The largest absolute Gasteiger partial charge is 0.316 e. The van der Waals surface area contributed by atoms with Gasteiger partial charge >= 0.3 is 0 Å². The first-order valence-corrected chi connectivity index (χ1v) is 4.16. The maximum absolute atomic E-state index is 3.94. The molecule has 1 aromatic heterocycles. The molecule has 0 aliphatic carbocycles. The van der Waals surface area contributed by atoms with Gasteiger partial charge in [-0.15, -0.1) is 24.8 Å². The highest BCUT2D eigenvalue weighted by Gasteiger charge is 2.14. The normalized spacial score (nSPS) is 21.4. The molecule has 1 fully saturated rings. The van der Waals surface area contributed by atoms with Gasteiger partial charge in [0.05, 0.1) is 6.20 Å². The molecule has 76 valence electrons. The lowest BCUT2D eigenvalue weighted by atomic mass is 9.94. The van der Waals surface area contributed by atoms with Crippen molar-refractivity contribution in [3.63, 3.8) is 0 Å². The zero-order valence-electron chi connectivity index (χ0n) is 7.32. The highest BCUT2D eigenvalue weighted by molar-refractivity contribution is 5.85. The Morgan fingerprint density at radius 2 is 2.23 bits per heavy atom. The summed E-state index contributed by atoms with van der Waals surface area (Å²) in [7, 11) is 0. The Bertz CT molecular complexity index is 207. The van der Waals surface area contributed by atoms with Crippen molar-refractivity contribution in [2.75, 3.05) is 13.1 Å². The molecule has 1 saturated heterocycles. The number of hydrogen-bond donors (Lipinski definition) is 2. The number of H-pyrrole nitrogens is 1. The van der Waals surface area contributed by atoms with E-state index in [4.69, 9.17) is 0 Å². The topological polar surface area (TPSA) is 40.7 Å². The molecule has 1 aliphatic heterocycles. The van der Waals surface area contributed by atoms with E-state index in [0.29, 0.717) is 5.92 Å². The zero-order valence-corrected chi connectivity index (χ0v) is 8.96. The Labute approximate surface area is 90.5 Å². The number of piperidine rings is 1. The van der Waals surface area contributed by atoms with Gasteiger partial charge < -0.3 is 5.32 Å². The minimum atomic E-state index is 0. The number of aromatic nitrogens is 2. The van der Waals surface area contributed by atoms with E-state index in [1.165, 1.54) is 24.9 Å². The van der Waals surface area contributed by atoms with E-state index in [1.54, 1.807) is 0 Å². The van der Waals surface area contributed by atoms with Gasteiger partial charge in [0.15, 0.2) is 0 Å². The van der Waals surface area contributed by atoms with Crippen molar-refractivity contribution in [3.05, 3.63) is 18.0 Å². The third-order valence-corrected chi connectivity index (χ3v) is 2.29. The van der Waals surface area contributed by atoms with Gasteiger partial charge in [-0.25, -0.2) is 0 Å². The monoisotopic (exact) mass is 223 g/mol. The smallest absolute Gasteiger partial charge is 0.0522 e. The first-order chi connectivity index (χ1) is 5.47. The fourth-order valence-corrected chi connectivity index (χ4v) is 1.62. The number of halogens is 2. The molecule has 0 saturated carbocycles. The number of rotatable bonds is 1. The fraction of sp³-hybridized carbons (Fsp3) is 0.625. The lowest BCUT2D eigenvalue weighted by molar-refractivity contribution is 0.462. The molecular weight excluding hydrogens is 209 g/mol. The van der Waals surface area contributed by atoms with Gasteiger partial charge in [0, 0.05) is 12.7 Å². The van der Waals surface area contributed by atoms with Crippen molar-refractivity contribution >= 4 is 24.8 Å². The van der Waals surface area contributed by atoms with Crippen LogP contribution in [0.25, 0.3) is 0 Å². The Hall–Kier alpha value is -0.250. The minimum Gasteiger partial charge on any atom is -0.316 e. The summed E-state index contributed by atoms with van der Waals surface area (Å²) in [6, 6.07) is 0. The summed E-state index contributed by atoms with van der Waals surface area (Å²) in [5.41, 5.74) is 1.34. The predicted octanol–water partition coefficient (Wildman–Crippen LogP) is 1.72. The van der Waals surface area contributed by atoms with E-state index in [9.17, 15) is 0 Å². The molecule has 5 heteroatoms. The van der Waals surface area contributed by atoms with Gasteiger partial charge in [-0.05, 0) is 30.9 Å². The molecule has 3 nitrogen and oxygen atoms in total. The van der Waals surface area contributed by atoms with Crippen LogP contribution in [0.1, 0.15) is 24.3 Å². The minimum absolute atomic E-state index is 0. The first kappa shape index (κ1) is 12.8. The van der Waals surface area contributed by atoms with E-state index in [0.717, 1.165) is 6.54 Å². The van der Waals surface area contributed by atoms with Crippen LogP contribution < -0.4 is 5.32 Å². The van der Waals surface area contributed by atoms with Gasteiger partial charge in [-0.1, -0.05) is 0 Å². The van der Waals surface area contributed by atoms with Gasteiger partial charge in [0.1, 0.15) is 0 Å². The van der Waals surface area contributed by atoms with Crippen molar-refractivity contribution in [2.24, 2.45) is 0 Å². The lowest BCUT2D eigenvalue weighted by Crippen LogP contribution is -2.28. The van der Waals surface area contributed by atoms with Crippen LogP contribution in [0.2, 0.25) is 0 Å². The summed E-state index contributed by atoms with van der Waals surface area (Å²) in [6.45, 7) is 2.29. The van der Waals surface area contributed by atoms with E-state index < -0.39 is 0 Å². The van der Waals surface area contributed by atoms with Crippen LogP contribution in [-0.2, 0) is 0 Å². The summed E-state index contributed by atoms with van der Waals surface area (Å²) < 4.78 is 0. The predicted molar refractivity (Wildman–Crippen MR) is 57.9 cm³/mol. The summed E-state index contributed by atoms with van der Waals surface area (Å²) in [5.74, 6) is 0.683. The summed E-state index contributed by atoms with van der Waals surface area (Å²) in [5, 5.41) is 10.2. The Kier molecular flexibility index (Phi) is 6.12. The molecule has 0 spiro atoms. The van der Waals surface area contributed by atoms with E-state index in [2.05, 4.69) is 15.5 Å². The van der Waals surface area contributed by atoms with Crippen LogP contribution in [0.5, 0.6) is 0 Å². The molecule has 0 bridgehead atoms. The van der Waals surface area contributed by atoms with Crippen molar-refractivity contribution in [3.8, 4) is 0 Å². The molecule has 2 heterocycles. The maximum atomic E-state index is 3.94. The second-order valence-electron chi connectivity index (χ2n) is 3.07. The SMILES string of the molecule is Cl.Cl.c1n[nH]cc1C1CCCNC1. The Morgan fingerprint density at radius 3 is 2.77 bits per heavy atom. The second-order valence-corrected chi connectivity index (χ2v) is 3.07. The second kappa shape index (κ2) is 6.24. The van der Waals surface area contributed by atoms with E-state index in [-0.39, 0.29) is 24.8 Å². The standard InChI is InChI=1S/C8H13N3.2ClH/c1-2-7(4-9-3-1)8-5-10-11-6-8;;/h5-7,9H,1-4H2,(H,10,11);2*1H. The van der Waals surface area contributed by atoms with Crippen LogP contribution >= 0.6 is 24.8 Å². The summed E-state index contributed by atoms with van der Waals surface area (Å²) in [4.78, 5) is 0.